The monoisotopic (exact) mass is 427 g/mol. The van der Waals surface area contributed by atoms with Crippen LogP contribution in [-0.4, -0.2) is 37.4 Å². The van der Waals surface area contributed by atoms with Gasteiger partial charge in [0.1, 0.15) is 24.0 Å². The molecule has 2 aliphatic rings. The molecule has 1 N–H and O–H groups in total. The molecule has 2 heterocycles. The smallest absolute Gasteiger partial charge is 0.257 e. The Morgan fingerprint density at radius 1 is 1.17 bits per heavy atom. The molecule has 0 fully saturated rings. The molecule has 0 atom stereocenters. The minimum Gasteiger partial charge on any atom is -0.489 e. The van der Waals surface area contributed by atoms with E-state index in [9.17, 15) is 17.6 Å². The second-order valence-corrected chi connectivity index (χ2v) is 8.50. The van der Waals surface area contributed by atoms with E-state index in [1.54, 1.807) is 47.5 Å². The second-order valence-electron chi connectivity index (χ2n) is 6.74. The Morgan fingerprint density at radius 3 is 2.77 bits per heavy atom. The number of sulfonamides is 1. The number of hydrogen-bond donors (Lipinski definition) is 1. The first-order valence-electron chi connectivity index (χ1n) is 9.16. The molecule has 154 valence electrons. The van der Waals surface area contributed by atoms with Crippen LogP contribution in [0.15, 0.2) is 76.9 Å². The molecule has 0 aromatic heterocycles. The average Bonchev–Trinajstić information content (AvgIpc) is 2.72. The van der Waals surface area contributed by atoms with E-state index in [-0.39, 0.29) is 30.6 Å². The van der Waals surface area contributed by atoms with Gasteiger partial charge in [0, 0.05) is 24.5 Å². The summed E-state index contributed by atoms with van der Waals surface area (Å²) in [6, 6.07) is 13.0. The average molecular weight is 427 g/mol. The summed E-state index contributed by atoms with van der Waals surface area (Å²) in [6.07, 6.45) is 4.62. The Morgan fingerprint density at radius 2 is 1.97 bits per heavy atom. The maximum atomic E-state index is 13.0. The van der Waals surface area contributed by atoms with E-state index in [0.717, 1.165) is 5.56 Å². The van der Waals surface area contributed by atoms with Crippen molar-refractivity contribution in [2.24, 2.45) is 4.40 Å². The van der Waals surface area contributed by atoms with Crippen molar-refractivity contribution in [2.45, 2.75) is 6.61 Å². The van der Waals surface area contributed by atoms with Gasteiger partial charge in [-0.25, -0.2) is 12.8 Å². The van der Waals surface area contributed by atoms with Crippen molar-refractivity contribution in [3.05, 3.63) is 83.8 Å². The van der Waals surface area contributed by atoms with Gasteiger partial charge in [-0.15, -0.1) is 4.40 Å². The van der Waals surface area contributed by atoms with Crippen LogP contribution in [0, 0.1) is 5.82 Å². The van der Waals surface area contributed by atoms with Gasteiger partial charge in [-0.2, -0.15) is 0 Å². The van der Waals surface area contributed by atoms with Gasteiger partial charge in [-0.1, -0.05) is 18.2 Å². The molecule has 0 spiro atoms. The summed E-state index contributed by atoms with van der Waals surface area (Å²) in [6.45, 7) is 0.514. The predicted molar refractivity (Wildman–Crippen MR) is 111 cm³/mol. The minimum atomic E-state index is -3.44. The lowest BCUT2D eigenvalue weighted by molar-refractivity contribution is -0.112. The summed E-state index contributed by atoms with van der Waals surface area (Å²) in [7, 11) is -3.44. The molecule has 9 heteroatoms. The van der Waals surface area contributed by atoms with Gasteiger partial charge in [0.05, 0.1) is 11.3 Å². The third-order valence-electron chi connectivity index (χ3n) is 4.50. The Kier molecular flexibility index (Phi) is 5.37. The summed E-state index contributed by atoms with van der Waals surface area (Å²) in [4.78, 5) is 14.2. The van der Waals surface area contributed by atoms with Crippen molar-refractivity contribution >= 4 is 27.5 Å². The summed E-state index contributed by atoms with van der Waals surface area (Å²) < 4.78 is 45.5. The van der Waals surface area contributed by atoms with Crippen LogP contribution in [0.1, 0.15) is 5.56 Å². The fraction of sp³-hybridized carbons (Fsp3) is 0.143. The van der Waals surface area contributed by atoms with Crippen LogP contribution in [0.2, 0.25) is 0 Å². The van der Waals surface area contributed by atoms with E-state index < -0.39 is 10.0 Å². The van der Waals surface area contributed by atoms with Crippen LogP contribution in [0.5, 0.6) is 5.75 Å². The Hall–Kier alpha value is -3.46. The number of amidine groups is 1. The number of amides is 1. The molecule has 0 aliphatic carbocycles. The van der Waals surface area contributed by atoms with Crippen molar-refractivity contribution < 1.29 is 22.3 Å². The van der Waals surface area contributed by atoms with Gasteiger partial charge in [0.25, 0.3) is 15.9 Å². The number of nitrogens with one attached hydrogen (secondary N) is 1. The van der Waals surface area contributed by atoms with E-state index in [2.05, 4.69) is 9.71 Å². The normalized spacial score (nSPS) is 16.9. The van der Waals surface area contributed by atoms with Crippen molar-refractivity contribution in [1.29, 1.82) is 0 Å². The summed E-state index contributed by atoms with van der Waals surface area (Å²) in [5.41, 5.74) is 1.75. The van der Waals surface area contributed by atoms with Crippen molar-refractivity contribution in [3.8, 4) is 5.75 Å². The van der Waals surface area contributed by atoms with Crippen LogP contribution in [0.4, 0.5) is 10.1 Å². The summed E-state index contributed by atoms with van der Waals surface area (Å²) in [5, 5.41) is 2.80. The molecule has 0 radical (unpaired) electrons. The molecule has 7 nitrogen and oxygen atoms in total. The highest BCUT2D eigenvalue weighted by atomic mass is 32.2. The number of ether oxygens (including phenoxy) is 1. The lowest BCUT2D eigenvalue weighted by atomic mass is 10.1. The number of carbonyl (C=O) groups excluding carboxylic acids is 1. The zero-order valence-corrected chi connectivity index (χ0v) is 16.6. The van der Waals surface area contributed by atoms with Crippen LogP contribution < -0.4 is 10.1 Å². The lowest BCUT2D eigenvalue weighted by Crippen LogP contribution is -2.37. The Bertz CT molecular complexity index is 1170. The highest BCUT2D eigenvalue weighted by Crippen LogP contribution is 2.21. The van der Waals surface area contributed by atoms with Crippen molar-refractivity contribution in [1.82, 2.24) is 4.90 Å². The largest absolute Gasteiger partial charge is 0.489 e. The van der Waals surface area contributed by atoms with E-state index in [4.69, 9.17) is 4.74 Å². The highest BCUT2D eigenvalue weighted by molar-refractivity contribution is 7.90. The molecule has 1 amide bonds. The van der Waals surface area contributed by atoms with E-state index in [0.29, 0.717) is 22.8 Å². The molecule has 0 unspecified atom stereocenters. The summed E-state index contributed by atoms with van der Waals surface area (Å²) >= 11 is 0. The molecule has 0 saturated heterocycles. The summed E-state index contributed by atoms with van der Waals surface area (Å²) in [5.74, 6) is 0.117. The van der Waals surface area contributed by atoms with Gasteiger partial charge in [-0.05, 0) is 42.0 Å². The first-order valence-corrected chi connectivity index (χ1v) is 10.8. The van der Waals surface area contributed by atoms with E-state index in [1.165, 1.54) is 24.3 Å². The molecular formula is C21H18FN3O4S. The van der Waals surface area contributed by atoms with Crippen LogP contribution in [0.3, 0.4) is 0 Å². The number of carbonyl (C=O) groups is 1. The molecular weight excluding hydrogens is 409 g/mol. The van der Waals surface area contributed by atoms with Crippen molar-refractivity contribution in [3.63, 3.8) is 0 Å². The van der Waals surface area contributed by atoms with Crippen molar-refractivity contribution in [2.75, 3.05) is 17.6 Å². The fourth-order valence-corrected chi connectivity index (χ4v) is 3.92. The second kappa shape index (κ2) is 8.11. The first-order chi connectivity index (χ1) is 14.4. The zero-order valence-electron chi connectivity index (χ0n) is 15.8. The third kappa shape index (κ3) is 4.74. The van der Waals surface area contributed by atoms with Crippen LogP contribution in [0.25, 0.3) is 0 Å². The number of rotatable bonds is 5. The number of halogens is 1. The molecule has 2 aromatic carbocycles. The number of benzene rings is 2. The third-order valence-corrected chi connectivity index (χ3v) is 5.66. The number of nitrogens with zero attached hydrogens (tertiary/aromatic N) is 2. The molecule has 4 rings (SSSR count). The maximum absolute atomic E-state index is 13.0. The molecule has 0 saturated carbocycles. The number of anilines is 1. The molecule has 2 aromatic rings. The standard InChI is InChI=1S/C21H18FN3O4S/c22-17-7-4-15(5-8-17)14-29-19-3-1-2-18(12-19)23-21(26)16-6-9-20-24-30(27,28)11-10-25(20)13-16/h1-9,12-13H,10-11,14H2,(H,23,26). The predicted octanol–water partition coefficient (Wildman–Crippen LogP) is 2.84. The molecule has 0 bridgehead atoms. The van der Waals surface area contributed by atoms with Gasteiger partial charge >= 0.3 is 0 Å². The number of hydrogen-bond acceptors (Lipinski definition) is 5. The van der Waals surface area contributed by atoms with Gasteiger partial charge < -0.3 is 15.0 Å². The first kappa shape index (κ1) is 19.8. The van der Waals surface area contributed by atoms with E-state index >= 15 is 0 Å². The fourth-order valence-electron chi connectivity index (χ4n) is 2.95. The number of fused-ring (bicyclic) bond motifs is 1. The topological polar surface area (TPSA) is 88.1 Å². The lowest BCUT2D eigenvalue weighted by Gasteiger charge is -2.26. The van der Waals surface area contributed by atoms with Gasteiger partial charge in [-0.3, -0.25) is 4.79 Å². The quantitative estimate of drug-likeness (QED) is 0.793. The highest BCUT2D eigenvalue weighted by Gasteiger charge is 2.25. The van der Waals surface area contributed by atoms with E-state index in [1.807, 2.05) is 0 Å². The zero-order chi connectivity index (χ0) is 21.1. The van der Waals surface area contributed by atoms with Crippen LogP contribution >= 0.6 is 0 Å². The van der Waals surface area contributed by atoms with Crippen LogP contribution in [-0.2, 0) is 21.4 Å². The minimum absolute atomic E-state index is 0.0941. The molecule has 30 heavy (non-hydrogen) atoms. The Balaban J connectivity index is 1.40. The molecule has 2 aliphatic heterocycles. The SMILES string of the molecule is O=C(Nc1cccc(OCc2ccc(F)cc2)c1)C1=CN2CCS(=O)(=O)N=C2C=C1. The van der Waals surface area contributed by atoms with Gasteiger partial charge in [0.2, 0.25) is 0 Å². The Labute approximate surface area is 173 Å². The van der Waals surface area contributed by atoms with Gasteiger partial charge in [0.15, 0.2) is 0 Å². The maximum Gasteiger partial charge on any atom is 0.257 e.